The van der Waals surface area contributed by atoms with Crippen molar-refractivity contribution in [1.29, 1.82) is 0 Å². The maximum Gasteiger partial charge on any atom is 0.222 e. The molecular weight excluding hydrogens is 248 g/mol. The van der Waals surface area contributed by atoms with Crippen molar-refractivity contribution in [1.82, 2.24) is 4.90 Å². The molecule has 1 aliphatic rings. The molecule has 110 valence electrons. The van der Waals surface area contributed by atoms with Crippen LogP contribution in [0.25, 0.3) is 0 Å². The predicted molar refractivity (Wildman–Crippen MR) is 82.4 cm³/mol. The van der Waals surface area contributed by atoms with Gasteiger partial charge < -0.3 is 10.6 Å². The molecule has 0 bridgehead atoms. The molecule has 3 heteroatoms. The molecule has 0 unspecified atom stereocenters. The number of carbonyl (C=O) groups is 1. The SMILES string of the molecule is NCCN(C(=O)CCCc1ccccc1)C1CCCC1. The number of benzene rings is 1. The standard InChI is InChI=1S/C17H26N2O/c18-13-14-19(16-10-4-5-11-16)17(20)12-6-9-15-7-2-1-3-8-15/h1-3,7-8,16H,4-6,9-14,18H2. The van der Waals surface area contributed by atoms with Crippen LogP contribution < -0.4 is 5.73 Å². The molecule has 1 aliphatic carbocycles. The second-order valence-corrected chi connectivity index (χ2v) is 5.65. The molecule has 3 nitrogen and oxygen atoms in total. The summed E-state index contributed by atoms with van der Waals surface area (Å²) in [5.41, 5.74) is 6.97. The Kier molecular flexibility index (Phi) is 6.06. The van der Waals surface area contributed by atoms with Crippen LogP contribution in [0, 0.1) is 0 Å². The molecule has 0 aliphatic heterocycles. The van der Waals surface area contributed by atoms with Crippen molar-refractivity contribution < 1.29 is 4.79 Å². The Morgan fingerprint density at radius 2 is 1.90 bits per heavy atom. The minimum absolute atomic E-state index is 0.290. The third-order valence-electron chi connectivity index (χ3n) is 4.15. The molecule has 1 fully saturated rings. The molecule has 0 spiro atoms. The van der Waals surface area contributed by atoms with E-state index < -0.39 is 0 Å². The molecule has 2 rings (SSSR count). The Bertz CT molecular complexity index is 399. The molecule has 0 atom stereocenters. The number of rotatable bonds is 7. The third kappa shape index (κ3) is 4.34. The number of nitrogens with two attached hydrogens (primary N) is 1. The highest BCUT2D eigenvalue weighted by atomic mass is 16.2. The van der Waals surface area contributed by atoms with Gasteiger partial charge in [-0.1, -0.05) is 43.2 Å². The molecule has 1 saturated carbocycles. The van der Waals surface area contributed by atoms with Crippen LogP contribution in [0.15, 0.2) is 30.3 Å². The first-order valence-corrected chi connectivity index (χ1v) is 7.84. The summed E-state index contributed by atoms with van der Waals surface area (Å²) in [6, 6.07) is 10.8. The Labute approximate surface area is 122 Å². The average Bonchev–Trinajstić information content (AvgIpc) is 2.99. The monoisotopic (exact) mass is 274 g/mol. The fourth-order valence-electron chi connectivity index (χ4n) is 3.10. The summed E-state index contributed by atoms with van der Waals surface area (Å²) in [5, 5.41) is 0. The number of nitrogens with zero attached hydrogens (tertiary/aromatic N) is 1. The van der Waals surface area contributed by atoms with Crippen LogP contribution in [0.4, 0.5) is 0 Å². The summed E-state index contributed by atoms with van der Waals surface area (Å²) in [6.45, 7) is 1.29. The number of hydrogen-bond acceptors (Lipinski definition) is 2. The zero-order valence-electron chi connectivity index (χ0n) is 12.3. The van der Waals surface area contributed by atoms with E-state index in [0.717, 1.165) is 32.2 Å². The van der Waals surface area contributed by atoms with Gasteiger partial charge in [-0.15, -0.1) is 0 Å². The smallest absolute Gasteiger partial charge is 0.222 e. The van der Waals surface area contributed by atoms with Gasteiger partial charge in [0.25, 0.3) is 0 Å². The van der Waals surface area contributed by atoms with Crippen LogP contribution in [0.5, 0.6) is 0 Å². The van der Waals surface area contributed by atoms with Crippen LogP contribution in [0.1, 0.15) is 44.1 Å². The second kappa shape index (κ2) is 8.05. The largest absolute Gasteiger partial charge is 0.338 e. The molecule has 1 amide bonds. The van der Waals surface area contributed by atoms with Crippen molar-refractivity contribution in [3.63, 3.8) is 0 Å². The molecule has 0 heterocycles. The molecular formula is C17H26N2O. The zero-order valence-corrected chi connectivity index (χ0v) is 12.3. The van der Waals surface area contributed by atoms with Crippen molar-refractivity contribution in [2.24, 2.45) is 5.73 Å². The first kappa shape index (κ1) is 15.0. The van der Waals surface area contributed by atoms with Crippen molar-refractivity contribution in [2.45, 2.75) is 51.0 Å². The van der Waals surface area contributed by atoms with Crippen LogP contribution in [-0.4, -0.2) is 29.9 Å². The van der Waals surface area contributed by atoms with Crippen LogP contribution in [-0.2, 0) is 11.2 Å². The minimum Gasteiger partial charge on any atom is -0.338 e. The predicted octanol–water partition coefficient (Wildman–Crippen LogP) is 2.74. The lowest BCUT2D eigenvalue weighted by Gasteiger charge is -2.28. The Hall–Kier alpha value is -1.35. The first-order chi connectivity index (χ1) is 9.81. The van der Waals surface area contributed by atoms with Crippen molar-refractivity contribution in [3.8, 4) is 0 Å². The number of amides is 1. The van der Waals surface area contributed by atoms with Gasteiger partial charge in [-0.25, -0.2) is 0 Å². The molecule has 0 saturated heterocycles. The molecule has 2 N–H and O–H groups in total. The van der Waals surface area contributed by atoms with Gasteiger partial charge in [0.05, 0.1) is 0 Å². The lowest BCUT2D eigenvalue weighted by Crippen LogP contribution is -2.41. The number of hydrogen-bond donors (Lipinski definition) is 1. The average molecular weight is 274 g/mol. The van der Waals surface area contributed by atoms with E-state index in [1.54, 1.807) is 0 Å². The van der Waals surface area contributed by atoms with E-state index in [1.165, 1.54) is 18.4 Å². The van der Waals surface area contributed by atoms with Crippen molar-refractivity contribution in [3.05, 3.63) is 35.9 Å². The topological polar surface area (TPSA) is 46.3 Å². The van der Waals surface area contributed by atoms with E-state index in [1.807, 2.05) is 11.0 Å². The summed E-state index contributed by atoms with van der Waals surface area (Å²) in [5.74, 6) is 0.290. The fraction of sp³-hybridized carbons (Fsp3) is 0.588. The van der Waals surface area contributed by atoms with E-state index in [-0.39, 0.29) is 0 Å². The van der Waals surface area contributed by atoms with Gasteiger partial charge in [-0.2, -0.15) is 0 Å². The summed E-state index contributed by atoms with van der Waals surface area (Å²) < 4.78 is 0. The lowest BCUT2D eigenvalue weighted by atomic mass is 10.1. The zero-order chi connectivity index (χ0) is 14.2. The quantitative estimate of drug-likeness (QED) is 0.831. The Morgan fingerprint density at radius 1 is 1.20 bits per heavy atom. The van der Waals surface area contributed by atoms with Crippen molar-refractivity contribution >= 4 is 5.91 Å². The molecule has 0 radical (unpaired) electrons. The van der Waals surface area contributed by atoms with Gasteiger partial charge in [0.2, 0.25) is 5.91 Å². The minimum atomic E-state index is 0.290. The number of carbonyl (C=O) groups excluding carboxylic acids is 1. The Balaban J connectivity index is 1.79. The third-order valence-corrected chi connectivity index (χ3v) is 4.15. The van der Waals surface area contributed by atoms with Gasteiger partial charge >= 0.3 is 0 Å². The van der Waals surface area contributed by atoms with Crippen LogP contribution in [0.2, 0.25) is 0 Å². The van der Waals surface area contributed by atoms with E-state index >= 15 is 0 Å². The molecule has 1 aromatic rings. The lowest BCUT2D eigenvalue weighted by molar-refractivity contribution is -0.133. The van der Waals surface area contributed by atoms with Gasteiger partial charge in [-0.3, -0.25) is 4.79 Å². The maximum atomic E-state index is 12.4. The van der Waals surface area contributed by atoms with E-state index in [2.05, 4.69) is 24.3 Å². The van der Waals surface area contributed by atoms with Gasteiger partial charge in [-0.05, 0) is 31.2 Å². The molecule has 20 heavy (non-hydrogen) atoms. The molecule has 1 aromatic carbocycles. The summed E-state index contributed by atoms with van der Waals surface area (Å²) >= 11 is 0. The fourth-order valence-corrected chi connectivity index (χ4v) is 3.10. The molecule has 0 aromatic heterocycles. The van der Waals surface area contributed by atoms with Gasteiger partial charge in [0.15, 0.2) is 0 Å². The maximum absolute atomic E-state index is 12.4. The van der Waals surface area contributed by atoms with E-state index in [0.29, 0.717) is 24.9 Å². The first-order valence-electron chi connectivity index (χ1n) is 7.84. The van der Waals surface area contributed by atoms with Gasteiger partial charge in [0.1, 0.15) is 0 Å². The van der Waals surface area contributed by atoms with E-state index in [9.17, 15) is 4.79 Å². The van der Waals surface area contributed by atoms with Crippen LogP contribution >= 0.6 is 0 Å². The number of aryl methyl sites for hydroxylation is 1. The summed E-state index contributed by atoms with van der Waals surface area (Å²) in [6.07, 6.45) is 7.37. The van der Waals surface area contributed by atoms with E-state index in [4.69, 9.17) is 5.73 Å². The van der Waals surface area contributed by atoms with Crippen LogP contribution in [0.3, 0.4) is 0 Å². The van der Waals surface area contributed by atoms with Crippen molar-refractivity contribution in [2.75, 3.05) is 13.1 Å². The normalized spacial score (nSPS) is 15.4. The van der Waals surface area contributed by atoms with Gasteiger partial charge in [0, 0.05) is 25.6 Å². The Morgan fingerprint density at radius 3 is 2.55 bits per heavy atom. The highest BCUT2D eigenvalue weighted by Gasteiger charge is 2.25. The summed E-state index contributed by atoms with van der Waals surface area (Å²) in [7, 11) is 0. The summed E-state index contributed by atoms with van der Waals surface area (Å²) in [4.78, 5) is 14.4. The highest BCUT2D eigenvalue weighted by molar-refractivity contribution is 5.76. The second-order valence-electron chi connectivity index (χ2n) is 5.65. The highest BCUT2D eigenvalue weighted by Crippen LogP contribution is 2.24.